The number of ketones is 1. The van der Waals surface area contributed by atoms with Gasteiger partial charge in [0.15, 0.2) is 17.3 Å². The van der Waals surface area contributed by atoms with Crippen LogP contribution >= 0.6 is 0 Å². The number of hydrogen-bond donors (Lipinski definition) is 2. The van der Waals surface area contributed by atoms with Gasteiger partial charge in [-0.2, -0.15) is 0 Å². The van der Waals surface area contributed by atoms with E-state index in [0.29, 0.717) is 36.0 Å². The monoisotopic (exact) mass is 418 g/mol. The Bertz CT molecular complexity index is 1020. The third kappa shape index (κ3) is 5.55. The lowest BCUT2D eigenvalue weighted by Crippen LogP contribution is -2.28. The van der Waals surface area contributed by atoms with E-state index in [1.165, 1.54) is 19.1 Å². The number of ether oxygens (including phenoxy) is 2. The first-order valence-corrected chi connectivity index (χ1v) is 10.6. The summed E-state index contributed by atoms with van der Waals surface area (Å²) in [6.07, 6.45) is 0.660. The molecule has 9 heteroatoms. The van der Waals surface area contributed by atoms with E-state index in [1.54, 1.807) is 30.3 Å². The van der Waals surface area contributed by atoms with E-state index in [-0.39, 0.29) is 29.6 Å². The first-order chi connectivity index (χ1) is 13.8. The summed E-state index contributed by atoms with van der Waals surface area (Å²) in [4.78, 5) is 23.5. The van der Waals surface area contributed by atoms with Gasteiger partial charge in [-0.15, -0.1) is 0 Å². The van der Waals surface area contributed by atoms with Crippen LogP contribution in [0.25, 0.3) is 0 Å². The maximum absolute atomic E-state index is 12.5. The molecule has 8 nitrogen and oxygen atoms in total. The highest BCUT2D eigenvalue weighted by molar-refractivity contribution is 7.89. The topological polar surface area (TPSA) is 111 Å². The van der Waals surface area contributed by atoms with Crippen molar-refractivity contribution in [1.29, 1.82) is 0 Å². The zero-order valence-corrected chi connectivity index (χ0v) is 16.8. The largest absolute Gasteiger partial charge is 0.490 e. The summed E-state index contributed by atoms with van der Waals surface area (Å²) in [7, 11) is -3.80. The Balaban J connectivity index is 1.56. The molecule has 1 aliphatic heterocycles. The van der Waals surface area contributed by atoms with E-state index in [2.05, 4.69) is 10.0 Å². The zero-order valence-electron chi connectivity index (χ0n) is 15.9. The fourth-order valence-corrected chi connectivity index (χ4v) is 3.78. The molecule has 0 radical (unpaired) electrons. The van der Waals surface area contributed by atoms with Gasteiger partial charge in [0.05, 0.1) is 18.1 Å². The standard InChI is InChI=1S/C20H22N2O6S/c1-14(23)15-4-2-5-16(12-15)22-20(24)8-9-21-29(25,26)17-6-7-18-19(13-17)28-11-3-10-27-18/h2,4-7,12-13,21H,3,8-11H2,1H3,(H,22,24). The number of carbonyl (C=O) groups excluding carboxylic acids is 2. The van der Waals surface area contributed by atoms with Gasteiger partial charge in [0, 0.05) is 36.7 Å². The van der Waals surface area contributed by atoms with Crippen LogP contribution in [-0.4, -0.2) is 39.9 Å². The molecule has 3 rings (SSSR count). The summed E-state index contributed by atoms with van der Waals surface area (Å²) in [6, 6.07) is 11.0. The Morgan fingerprint density at radius 1 is 1.03 bits per heavy atom. The Morgan fingerprint density at radius 2 is 1.79 bits per heavy atom. The van der Waals surface area contributed by atoms with Crippen LogP contribution < -0.4 is 19.5 Å². The lowest BCUT2D eigenvalue weighted by Gasteiger charge is -2.11. The summed E-state index contributed by atoms with van der Waals surface area (Å²) in [6.45, 7) is 2.33. The lowest BCUT2D eigenvalue weighted by atomic mass is 10.1. The minimum Gasteiger partial charge on any atom is -0.490 e. The van der Waals surface area contributed by atoms with Gasteiger partial charge < -0.3 is 14.8 Å². The molecule has 2 aromatic carbocycles. The van der Waals surface area contributed by atoms with Gasteiger partial charge in [0.2, 0.25) is 15.9 Å². The van der Waals surface area contributed by atoms with Crippen molar-refractivity contribution in [3.63, 3.8) is 0 Å². The van der Waals surface area contributed by atoms with Gasteiger partial charge in [0.25, 0.3) is 0 Å². The van der Waals surface area contributed by atoms with Crippen molar-refractivity contribution in [3.05, 3.63) is 48.0 Å². The van der Waals surface area contributed by atoms with E-state index in [0.717, 1.165) is 6.42 Å². The number of rotatable bonds is 7. The van der Waals surface area contributed by atoms with Gasteiger partial charge in [-0.05, 0) is 31.2 Å². The molecular formula is C20H22N2O6S. The molecule has 0 aliphatic carbocycles. The number of hydrogen-bond acceptors (Lipinski definition) is 6. The second-order valence-electron chi connectivity index (χ2n) is 6.49. The predicted molar refractivity (Wildman–Crippen MR) is 107 cm³/mol. The summed E-state index contributed by atoms with van der Waals surface area (Å²) in [5, 5.41) is 2.65. The average Bonchev–Trinajstić information content (AvgIpc) is 2.92. The van der Waals surface area contributed by atoms with Crippen LogP contribution in [0.3, 0.4) is 0 Å². The SMILES string of the molecule is CC(=O)c1cccc(NC(=O)CCNS(=O)(=O)c2ccc3c(c2)OCCCO3)c1. The van der Waals surface area contributed by atoms with Gasteiger partial charge >= 0.3 is 0 Å². The highest BCUT2D eigenvalue weighted by atomic mass is 32.2. The zero-order chi connectivity index (χ0) is 20.9. The van der Waals surface area contributed by atoms with Crippen molar-refractivity contribution in [3.8, 4) is 11.5 Å². The third-order valence-electron chi connectivity index (χ3n) is 4.23. The highest BCUT2D eigenvalue weighted by Gasteiger charge is 2.19. The van der Waals surface area contributed by atoms with Crippen molar-refractivity contribution >= 4 is 27.4 Å². The number of fused-ring (bicyclic) bond motifs is 1. The first kappa shape index (κ1) is 20.8. The highest BCUT2D eigenvalue weighted by Crippen LogP contribution is 2.31. The molecule has 29 heavy (non-hydrogen) atoms. The third-order valence-corrected chi connectivity index (χ3v) is 5.68. The lowest BCUT2D eigenvalue weighted by molar-refractivity contribution is -0.116. The number of sulfonamides is 1. The second kappa shape index (κ2) is 9.06. The van der Waals surface area contributed by atoms with Crippen molar-refractivity contribution in [2.45, 2.75) is 24.7 Å². The normalized spacial score (nSPS) is 13.4. The van der Waals surface area contributed by atoms with Crippen LogP contribution in [0.15, 0.2) is 47.4 Å². The van der Waals surface area contributed by atoms with Crippen LogP contribution in [-0.2, 0) is 14.8 Å². The summed E-state index contributed by atoms with van der Waals surface area (Å²) in [5.41, 5.74) is 0.964. The Kier molecular flexibility index (Phi) is 6.50. The van der Waals surface area contributed by atoms with Crippen molar-refractivity contribution in [1.82, 2.24) is 4.72 Å². The fraction of sp³-hybridized carbons (Fsp3) is 0.300. The predicted octanol–water partition coefficient (Wildman–Crippen LogP) is 2.36. The molecule has 2 N–H and O–H groups in total. The quantitative estimate of drug-likeness (QED) is 0.668. The molecule has 1 aliphatic rings. The van der Waals surface area contributed by atoms with Crippen molar-refractivity contribution in [2.24, 2.45) is 0 Å². The van der Waals surface area contributed by atoms with Gasteiger partial charge in [0.1, 0.15) is 0 Å². The van der Waals surface area contributed by atoms with Crippen LogP contribution in [0.5, 0.6) is 11.5 Å². The first-order valence-electron chi connectivity index (χ1n) is 9.15. The molecule has 1 amide bonds. The Morgan fingerprint density at radius 3 is 2.55 bits per heavy atom. The minimum atomic E-state index is -3.80. The van der Waals surface area contributed by atoms with Crippen LogP contribution in [0.2, 0.25) is 0 Å². The fourth-order valence-electron chi connectivity index (χ4n) is 2.73. The molecular weight excluding hydrogens is 396 g/mol. The van der Waals surface area contributed by atoms with E-state index in [9.17, 15) is 18.0 Å². The number of amides is 1. The van der Waals surface area contributed by atoms with Crippen LogP contribution in [0.4, 0.5) is 5.69 Å². The minimum absolute atomic E-state index is 0.0383. The molecule has 0 unspecified atom stereocenters. The van der Waals surface area contributed by atoms with Crippen molar-refractivity contribution < 1.29 is 27.5 Å². The summed E-state index contributed by atoms with van der Waals surface area (Å²) >= 11 is 0. The van der Waals surface area contributed by atoms with E-state index >= 15 is 0 Å². The number of benzene rings is 2. The van der Waals surface area contributed by atoms with Gasteiger partial charge in [-0.3, -0.25) is 9.59 Å². The number of Topliss-reactive ketones (excluding diaryl/α,β-unsaturated/α-hetero) is 1. The smallest absolute Gasteiger partial charge is 0.240 e. The molecule has 1 heterocycles. The molecule has 0 bridgehead atoms. The van der Waals surface area contributed by atoms with Gasteiger partial charge in [-0.1, -0.05) is 12.1 Å². The average molecular weight is 418 g/mol. The Labute approximate surface area is 169 Å². The van der Waals surface area contributed by atoms with Crippen LogP contribution in [0, 0.1) is 0 Å². The molecule has 0 fully saturated rings. The van der Waals surface area contributed by atoms with Crippen LogP contribution in [0.1, 0.15) is 30.1 Å². The maximum Gasteiger partial charge on any atom is 0.240 e. The summed E-state index contributed by atoms with van der Waals surface area (Å²) < 4.78 is 38.4. The molecule has 154 valence electrons. The molecule has 0 spiro atoms. The Hall–Kier alpha value is -2.91. The molecule has 0 aromatic heterocycles. The van der Waals surface area contributed by atoms with E-state index < -0.39 is 10.0 Å². The van der Waals surface area contributed by atoms with E-state index in [4.69, 9.17) is 9.47 Å². The maximum atomic E-state index is 12.5. The van der Waals surface area contributed by atoms with E-state index in [1.807, 2.05) is 0 Å². The molecule has 0 saturated heterocycles. The number of anilines is 1. The number of carbonyl (C=O) groups is 2. The summed E-state index contributed by atoms with van der Waals surface area (Å²) in [5.74, 6) is 0.415. The van der Waals surface area contributed by atoms with Gasteiger partial charge in [-0.25, -0.2) is 13.1 Å². The molecule has 0 atom stereocenters. The van der Waals surface area contributed by atoms with Crippen molar-refractivity contribution in [2.75, 3.05) is 25.1 Å². The number of nitrogens with one attached hydrogen (secondary N) is 2. The molecule has 2 aromatic rings. The molecule has 0 saturated carbocycles. The second-order valence-corrected chi connectivity index (χ2v) is 8.26.